The molecule has 2 nitrogen and oxygen atoms in total. The maximum Gasteiger partial charge on any atom is 0.124 e. The van der Waals surface area contributed by atoms with Gasteiger partial charge in [-0.15, -0.1) is 22.7 Å². The van der Waals surface area contributed by atoms with E-state index in [4.69, 9.17) is 9.97 Å². The predicted octanol–water partition coefficient (Wildman–Crippen LogP) is 16.1. The number of thiazole rings is 2. The van der Waals surface area contributed by atoms with Gasteiger partial charge in [-0.3, -0.25) is 0 Å². The molecule has 0 radical (unpaired) electrons. The van der Waals surface area contributed by atoms with Crippen LogP contribution in [-0.4, -0.2) is 9.97 Å². The Bertz CT molecular complexity index is 3360. The lowest BCUT2D eigenvalue weighted by Crippen LogP contribution is -2.31. The summed E-state index contributed by atoms with van der Waals surface area (Å²) >= 11 is 5.36. The zero-order valence-electron chi connectivity index (χ0n) is 33.2. The number of nitrogens with zero attached hydrogens (tertiary/aromatic N) is 2. The summed E-state index contributed by atoms with van der Waals surface area (Å²) in [4.78, 5) is 12.7. The van der Waals surface area contributed by atoms with E-state index in [1.165, 1.54) is 74.8 Å². The third-order valence-electron chi connectivity index (χ3n) is 12.6. The van der Waals surface area contributed by atoms with Crippen LogP contribution >= 0.6 is 34.4 Å². The van der Waals surface area contributed by atoms with Crippen LogP contribution in [0, 0.1) is 0 Å². The lowest BCUT2D eigenvalue weighted by molar-refractivity contribution is 0.722. The van der Waals surface area contributed by atoms with E-state index in [0.29, 0.717) is 0 Å². The van der Waals surface area contributed by atoms with Gasteiger partial charge in [0.05, 0.1) is 25.8 Å². The van der Waals surface area contributed by atoms with Gasteiger partial charge in [-0.1, -0.05) is 157 Å². The molecule has 11 aromatic rings. The molecule has 1 aliphatic heterocycles. The number of benzene rings is 9. The highest BCUT2D eigenvalue weighted by molar-refractivity contribution is 7.99. The number of para-hydroxylation sites is 2. The normalized spacial score (nSPS) is 13.2. The summed E-state index contributed by atoms with van der Waals surface area (Å²) < 4.78 is 2.38. The molecule has 13 rings (SSSR count). The van der Waals surface area contributed by atoms with Crippen molar-refractivity contribution >= 4 is 54.9 Å². The Morgan fingerprint density at radius 1 is 0.306 bits per heavy atom. The van der Waals surface area contributed by atoms with Crippen molar-refractivity contribution in [2.24, 2.45) is 0 Å². The number of hydrogen-bond acceptors (Lipinski definition) is 5. The lowest BCUT2D eigenvalue weighted by Gasteiger charge is -2.39. The Morgan fingerprint density at radius 2 is 0.726 bits per heavy atom. The van der Waals surface area contributed by atoms with Crippen molar-refractivity contribution in [3.63, 3.8) is 0 Å². The van der Waals surface area contributed by atoms with Crippen LogP contribution in [0.4, 0.5) is 0 Å². The Morgan fingerprint density at radius 3 is 1.29 bits per heavy atom. The highest BCUT2D eigenvalue weighted by atomic mass is 32.2. The molecule has 0 amide bonds. The molecule has 3 heterocycles. The van der Waals surface area contributed by atoms with Crippen molar-refractivity contribution in [1.82, 2.24) is 9.97 Å². The molecule has 0 bridgehead atoms. The molecule has 1 aliphatic carbocycles. The van der Waals surface area contributed by atoms with Gasteiger partial charge in [-0.05, 0) is 127 Å². The molecular formula is C57H34N2S3. The fourth-order valence-corrected chi connectivity index (χ4v) is 12.9. The molecule has 290 valence electrons. The summed E-state index contributed by atoms with van der Waals surface area (Å²) in [6.07, 6.45) is 0. The van der Waals surface area contributed by atoms with E-state index in [-0.39, 0.29) is 5.41 Å². The Balaban J connectivity index is 0.846. The van der Waals surface area contributed by atoms with Gasteiger partial charge in [0, 0.05) is 20.9 Å². The first kappa shape index (κ1) is 35.8. The third kappa shape index (κ3) is 5.56. The van der Waals surface area contributed by atoms with E-state index >= 15 is 0 Å². The quantitative estimate of drug-likeness (QED) is 0.173. The third-order valence-corrected chi connectivity index (χ3v) is 16.0. The van der Waals surface area contributed by atoms with Crippen molar-refractivity contribution in [3.8, 4) is 65.6 Å². The first-order valence-electron chi connectivity index (χ1n) is 20.9. The summed E-state index contributed by atoms with van der Waals surface area (Å²) in [5, 5.41) is 2.03. The second-order valence-corrected chi connectivity index (χ2v) is 19.2. The van der Waals surface area contributed by atoms with E-state index < -0.39 is 0 Å². The summed E-state index contributed by atoms with van der Waals surface area (Å²) in [6, 6.07) is 75.8. The molecule has 0 saturated heterocycles. The predicted molar refractivity (Wildman–Crippen MR) is 261 cm³/mol. The van der Waals surface area contributed by atoms with Gasteiger partial charge in [0.2, 0.25) is 0 Å². The molecule has 0 atom stereocenters. The molecule has 62 heavy (non-hydrogen) atoms. The van der Waals surface area contributed by atoms with E-state index in [1.54, 1.807) is 22.7 Å². The Hall–Kier alpha value is -6.89. The van der Waals surface area contributed by atoms with Gasteiger partial charge in [-0.25, -0.2) is 9.97 Å². The molecule has 0 unspecified atom stereocenters. The van der Waals surface area contributed by atoms with E-state index in [0.717, 1.165) is 43.3 Å². The highest BCUT2D eigenvalue weighted by Crippen LogP contribution is 2.62. The van der Waals surface area contributed by atoms with Crippen LogP contribution in [-0.2, 0) is 5.41 Å². The minimum absolute atomic E-state index is 0.354. The minimum Gasteiger partial charge on any atom is -0.236 e. The fraction of sp³-hybridized carbons (Fsp3) is 0.0175. The maximum atomic E-state index is 5.04. The summed E-state index contributed by atoms with van der Waals surface area (Å²) in [6.45, 7) is 0. The summed E-state index contributed by atoms with van der Waals surface area (Å²) in [5.74, 6) is 0. The van der Waals surface area contributed by atoms with Crippen LogP contribution in [0.25, 0.3) is 86.1 Å². The van der Waals surface area contributed by atoms with E-state index in [2.05, 4.69) is 206 Å². The second-order valence-electron chi connectivity index (χ2n) is 16.1. The van der Waals surface area contributed by atoms with Gasteiger partial charge < -0.3 is 0 Å². The molecular weight excluding hydrogens is 809 g/mol. The van der Waals surface area contributed by atoms with Gasteiger partial charge in [-0.2, -0.15) is 0 Å². The van der Waals surface area contributed by atoms with Gasteiger partial charge in [0.15, 0.2) is 0 Å². The van der Waals surface area contributed by atoms with Crippen LogP contribution in [0.15, 0.2) is 216 Å². The van der Waals surface area contributed by atoms with Crippen molar-refractivity contribution in [3.05, 3.63) is 229 Å². The standard InChI is InChI=1S/C57H34N2S3/c1-2-12-45-43(11-1)44-34-39(29-30-46(44)57(45)47-13-3-7-17-51(47)60-52-18-8-4-14-48(52)57)37-25-21-35(22-26-37)36-23-27-38(28-24-36)40-31-41(55-58-49-15-5-9-19-53(49)61-55)33-42(32-40)56-59-50-16-6-10-20-54(50)62-56/h1-34H. The highest BCUT2D eigenvalue weighted by Gasteiger charge is 2.50. The fourth-order valence-electron chi connectivity index (χ4n) is 9.78. The lowest BCUT2D eigenvalue weighted by atomic mass is 9.67. The van der Waals surface area contributed by atoms with Crippen LogP contribution in [0.2, 0.25) is 0 Å². The number of fused-ring (bicyclic) bond motifs is 11. The van der Waals surface area contributed by atoms with Crippen molar-refractivity contribution < 1.29 is 0 Å². The van der Waals surface area contributed by atoms with Crippen LogP contribution in [0.3, 0.4) is 0 Å². The van der Waals surface area contributed by atoms with Crippen molar-refractivity contribution in [2.75, 3.05) is 0 Å². The maximum absolute atomic E-state index is 5.04. The average Bonchev–Trinajstić information content (AvgIpc) is 4.06. The monoisotopic (exact) mass is 842 g/mol. The number of rotatable bonds is 5. The molecule has 1 spiro atoms. The first-order valence-corrected chi connectivity index (χ1v) is 23.3. The summed E-state index contributed by atoms with van der Waals surface area (Å²) in [7, 11) is 0. The minimum atomic E-state index is -0.354. The van der Waals surface area contributed by atoms with Crippen molar-refractivity contribution in [2.45, 2.75) is 15.2 Å². The second kappa shape index (κ2) is 14.1. The molecule has 2 aromatic heterocycles. The van der Waals surface area contributed by atoms with E-state index in [1.807, 2.05) is 11.8 Å². The zero-order chi connectivity index (χ0) is 40.8. The molecule has 0 fully saturated rings. The smallest absolute Gasteiger partial charge is 0.124 e. The van der Waals surface area contributed by atoms with Gasteiger partial charge in [0.25, 0.3) is 0 Å². The van der Waals surface area contributed by atoms with Gasteiger partial charge in [0.1, 0.15) is 10.0 Å². The average molecular weight is 843 g/mol. The topological polar surface area (TPSA) is 25.8 Å². The molecule has 9 aromatic carbocycles. The SMILES string of the molecule is c1ccc2c(c1)Sc1ccccc1C21c2ccccc2-c2cc(-c3ccc(-c4ccc(-c5cc(-c6nc7ccccc7s6)cc(-c6nc7ccccc7s6)c5)cc4)cc3)ccc21. The number of aromatic nitrogens is 2. The van der Waals surface area contributed by atoms with Crippen LogP contribution in [0.5, 0.6) is 0 Å². The molecule has 0 N–H and O–H groups in total. The van der Waals surface area contributed by atoms with Crippen molar-refractivity contribution in [1.29, 1.82) is 0 Å². The van der Waals surface area contributed by atoms with Gasteiger partial charge >= 0.3 is 0 Å². The molecule has 2 aliphatic rings. The van der Waals surface area contributed by atoms with E-state index in [9.17, 15) is 0 Å². The largest absolute Gasteiger partial charge is 0.236 e. The zero-order valence-corrected chi connectivity index (χ0v) is 35.7. The molecule has 5 heteroatoms. The Labute approximate surface area is 371 Å². The molecule has 0 saturated carbocycles. The van der Waals surface area contributed by atoms with Crippen LogP contribution in [0.1, 0.15) is 22.3 Å². The Kier molecular flexibility index (Phi) is 8.14. The summed E-state index contributed by atoms with van der Waals surface area (Å²) in [5.41, 5.74) is 19.1. The van der Waals surface area contributed by atoms with Crippen LogP contribution < -0.4 is 0 Å². The number of hydrogen-bond donors (Lipinski definition) is 0. The first-order chi connectivity index (χ1) is 30.7.